The highest BCUT2D eigenvalue weighted by atomic mass is 19.1. The van der Waals surface area contributed by atoms with Crippen molar-refractivity contribution in [1.82, 2.24) is 5.32 Å². The number of piperidine rings is 1. The van der Waals surface area contributed by atoms with E-state index in [0.29, 0.717) is 24.5 Å². The molecule has 3 rings (SSSR count). The van der Waals surface area contributed by atoms with Gasteiger partial charge in [-0.1, -0.05) is 0 Å². The van der Waals surface area contributed by atoms with Crippen LogP contribution in [0.3, 0.4) is 0 Å². The molecule has 9 heteroatoms. The minimum Gasteiger partial charge on any atom is -0.442 e. The molecule has 2 fully saturated rings. The number of benzene rings is 1. The number of carbonyl (C=O) groups is 2. The zero-order chi connectivity index (χ0) is 19.6. The maximum absolute atomic E-state index is 14.6. The van der Waals surface area contributed by atoms with Crippen LogP contribution in [0.25, 0.3) is 4.85 Å². The van der Waals surface area contributed by atoms with E-state index < -0.39 is 23.7 Å². The first-order chi connectivity index (χ1) is 12.8. The zero-order valence-electron chi connectivity index (χ0n) is 14.9. The van der Waals surface area contributed by atoms with Crippen LogP contribution in [0, 0.1) is 12.4 Å². The Morgan fingerprint density at radius 2 is 2.19 bits per heavy atom. The number of nitrogens with zero attached hydrogens (tertiary/aromatic N) is 3. The first kappa shape index (κ1) is 18.9. The topological polar surface area (TPSA) is 86.5 Å². The SMILES string of the molecule is [C-]#[N+]C1(O)CCN(c2ccc(N3C[C@H](CNC(C)=O)OC3=O)cc2F)CC1. The molecule has 1 aromatic carbocycles. The maximum atomic E-state index is 14.6. The van der Waals surface area contributed by atoms with Gasteiger partial charge in [0.25, 0.3) is 0 Å². The maximum Gasteiger partial charge on any atom is 0.414 e. The third-order valence-electron chi connectivity index (χ3n) is 4.81. The van der Waals surface area contributed by atoms with Gasteiger partial charge in [-0.3, -0.25) is 14.5 Å². The zero-order valence-corrected chi connectivity index (χ0v) is 14.9. The molecule has 0 radical (unpaired) electrons. The van der Waals surface area contributed by atoms with E-state index in [4.69, 9.17) is 11.3 Å². The van der Waals surface area contributed by atoms with Crippen LogP contribution in [0.2, 0.25) is 0 Å². The Morgan fingerprint density at radius 3 is 2.78 bits per heavy atom. The van der Waals surface area contributed by atoms with Crippen molar-refractivity contribution >= 4 is 23.4 Å². The largest absolute Gasteiger partial charge is 0.442 e. The molecule has 2 saturated heterocycles. The van der Waals surface area contributed by atoms with Crippen LogP contribution in [-0.2, 0) is 9.53 Å². The number of hydrogen-bond donors (Lipinski definition) is 2. The van der Waals surface area contributed by atoms with Crippen molar-refractivity contribution in [3.8, 4) is 0 Å². The summed E-state index contributed by atoms with van der Waals surface area (Å²) in [7, 11) is 0. The number of amides is 2. The molecule has 2 aliphatic rings. The van der Waals surface area contributed by atoms with Crippen molar-refractivity contribution in [3.63, 3.8) is 0 Å². The van der Waals surface area contributed by atoms with Gasteiger partial charge in [0.2, 0.25) is 5.91 Å². The third kappa shape index (κ3) is 4.11. The molecule has 2 heterocycles. The second kappa shape index (κ2) is 7.40. The second-order valence-electron chi connectivity index (χ2n) is 6.77. The highest BCUT2D eigenvalue weighted by molar-refractivity contribution is 5.90. The molecule has 1 atom stereocenters. The van der Waals surface area contributed by atoms with E-state index in [2.05, 4.69) is 10.2 Å². The van der Waals surface area contributed by atoms with E-state index in [-0.39, 0.29) is 31.8 Å². The molecule has 0 aromatic heterocycles. The number of halogens is 1. The summed E-state index contributed by atoms with van der Waals surface area (Å²) in [5.41, 5.74) is -0.621. The second-order valence-corrected chi connectivity index (χ2v) is 6.77. The Bertz CT molecular complexity index is 786. The first-order valence-corrected chi connectivity index (χ1v) is 8.69. The van der Waals surface area contributed by atoms with Crippen LogP contribution < -0.4 is 15.1 Å². The van der Waals surface area contributed by atoms with Crippen molar-refractivity contribution in [2.75, 3.05) is 36.0 Å². The Kier molecular flexibility index (Phi) is 5.19. The molecule has 27 heavy (non-hydrogen) atoms. The highest BCUT2D eigenvalue weighted by Crippen LogP contribution is 2.31. The monoisotopic (exact) mass is 376 g/mol. The predicted octanol–water partition coefficient (Wildman–Crippen LogP) is 1.50. The van der Waals surface area contributed by atoms with Gasteiger partial charge in [0.15, 0.2) is 0 Å². The van der Waals surface area contributed by atoms with Gasteiger partial charge >= 0.3 is 11.8 Å². The van der Waals surface area contributed by atoms with Gasteiger partial charge < -0.3 is 20.1 Å². The van der Waals surface area contributed by atoms with Gasteiger partial charge in [0.05, 0.1) is 37.3 Å². The molecule has 0 spiro atoms. The number of hydrogen-bond acceptors (Lipinski definition) is 5. The highest BCUT2D eigenvalue weighted by Gasteiger charge is 2.39. The van der Waals surface area contributed by atoms with Gasteiger partial charge in [0, 0.05) is 20.0 Å². The normalized spacial score (nSPS) is 21.6. The van der Waals surface area contributed by atoms with E-state index in [9.17, 15) is 19.1 Å². The summed E-state index contributed by atoms with van der Waals surface area (Å²) >= 11 is 0. The lowest BCUT2D eigenvalue weighted by Crippen LogP contribution is -2.42. The average Bonchev–Trinajstić information content (AvgIpc) is 3.02. The molecular weight excluding hydrogens is 355 g/mol. The van der Waals surface area contributed by atoms with Crippen molar-refractivity contribution in [2.45, 2.75) is 31.6 Å². The Hall–Kier alpha value is -2.86. The molecule has 8 nitrogen and oxygen atoms in total. The molecular formula is C18H21FN4O4. The smallest absolute Gasteiger partial charge is 0.414 e. The van der Waals surface area contributed by atoms with Gasteiger partial charge in [-0.25, -0.2) is 15.8 Å². The Balaban J connectivity index is 1.68. The summed E-state index contributed by atoms with van der Waals surface area (Å²) < 4.78 is 19.8. The lowest BCUT2D eigenvalue weighted by Gasteiger charge is -2.32. The van der Waals surface area contributed by atoms with Gasteiger partial charge in [-0.05, 0) is 18.2 Å². The number of rotatable bonds is 4. The molecule has 1 aromatic rings. The first-order valence-electron chi connectivity index (χ1n) is 8.69. The number of aliphatic hydroxyl groups is 1. The van der Waals surface area contributed by atoms with Gasteiger partial charge in [-0.2, -0.15) is 0 Å². The van der Waals surface area contributed by atoms with E-state index >= 15 is 0 Å². The van der Waals surface area contributed by atoms with Gasteiger partial charge in [0.1, 0.15) is 11.9 Å². The van der Waals surface area contributed by atoms with Crippen LogP contribution in [-0.4, -0.2) is 55.1 Å². The standard InChI is InChI=1S/C18H21FN4O4/c1-12(24)21-10-14-11-23(17(25)27-14)13-3-4-16(15(19)9-13)22-7-5-18(26,20-2)6-8-22/h3-4,9,14,26H,5-8,10-11H2,1H3,(H,21,24)/t14-/m0/s1. The molecule has 144 valence electrons. The van der Waals surface area contributed by atoms with E-state index in [0.717, 1.165) is 0 Å². The summed E-state index contributed by atoms with van der Waals surface area (Å²) in [6, 6.07) is 4.49. The van der Waals surface area contributed by atoms with Crippen molar-refractivity contribution in [3.05, 3.63) is 35.4 Å². The number of ether oxygens (including phenoxy) is 1. The summed E-state index contributed by atoms with van der Waals surface area (Å²) in [4.78, 5) is 29.4. The van der Waals surface area contributed by atoms with Crippen molar-refractivity contribution < 1.29 is 23.8 Å². The fourth-order valence-corrected chi connectivity index (χ4v) is 3.23. The van der Waals surface area contributed by atoms with Crippen LogP contribution in [0.1, 0.15) is 19.8 Å². The van der Waals surface area contributed by atoms with Crippen LogP contribution in [0.5, 0.6) is 0 Å². The van der Waals surface area contributed by atoms with E-state index in [1.807, 2.05) is 0 Å². The molecule has 2 amide bonds. The number of carbonyl (C=O) groups excluding carboxylic acids is 2. The molecule has 0 unspecified atom stereocenters. The van der Waals surface area contributed by atoms with Crippen LogP contribution in [0.4, 0.5) is 20.6 Å². The minimum atomic E-state index is -1.37. The molecule has 0 bridgehead atoms. The van der Waals surface area contributed by atoms with E-state index in [1.165, 1.54) is 17.9 Å². The summed E-state index contributed by atoms with van der Waals surface area (Å²) in [5.74, 6) is -0.703. The number of cyclic esters (lactones) is 1. The average molecular weight is 376 g/mol. The molecule has 2 N–H and O–H groups in total. The quantitative estimate of drug-likeness (QED) is 0.778. The Morgan fingerprint density at radius 1 is 1.48 bits per heavy atom. The minimum absolute atomic E-state index is 0.204. The molecule has 0 aliphatic carbocycles. The van der Waals surface area contributed by atoms with Crippen LogP contribution >= 0.6 is 0 Å². The summed E-state index contributed by atoms with van der Waals surface area (Å²) in [6.45, 7) is 9.58. The number of anilines is 2. The lowest BCUT2D eigenvalue weighted by molar-refractivity contribution is -0.119. The fourth-order valence-electron chi connectivity index (χ4n) is 3.23. The molecule has 2 aliphatic heterocycles. The van der Waals surface area contributed by atoms with E-state index in [1.54, 1.807) is 17.0 Å². The lowest BCUT2D eigenvalue weighted by atomic mass is 10.0. The summed E-state index contributed by atoms with van der Waals surface area (Å²) in [6.07, 6.45) is -0.572. The van der Waals surface area contributed by atoms with Crippen molar-refractivity contribution in [2.24, 2.45) is 0 Å². The van der Waals surface area contributed by atoms with Crippen LogP contribution in [0.15, 0.2) is 18.2 Å². The third-order valence-corrected chi connectivity index (χ3v) is 4.81. The fraction of sp³-hybridized carbons (Fsp3) is 0.500. The predicted molar refractivity (Wildman–Crippen MR) is 95.7 cm³/mol. The Labute approximate surface area is 156 Å². The van der Waals surface area contributed by atoms with Crippen molar-refractivity contribution in [1.29, 1.82) is 0 Å². The number of nitrogens with one attached hydrogen (secondary N) is 1. The summed E-state index contributed by atoms with van der Waals surface area (Å²) in [5, 5.41) is 12.6. The molecule has 0 saturated carbocycles. The van der Waals surface area contributed by atoms with Gasteiger partial charge in [-0.15, -0.1) is 0 Å².